The standard InChI is InChI=1S/C18H21NO2/c1-14-7-9-17(10-8-14)19(12-11-18(20)21)13-16-6-4-3-5-15(16)2/h3-10H,11-13H2,1-2H3,(H,20,21). The molecule has 0 aliphatic rings. The summed E-state index contributed by atoms with van der Waals surface area (Å²) < 4.78 is 0. The Morgan fingerprint density at radius 3 is 2.33 bits per heavy atom. The Labute approximate surface area is 125 Å². The van der Waals surface area contributed by atoms with Crippen molar-refractivity contribution in [2.24, 2.45) is 0 Å². The van der Waals surface area contributed by atoms with Gasteiger partial charge in [0.2, 0.25) is 0 Å². The van der Waals surface area contributed by atoms with E-state index in [0.717, 1.165) is 12.2 Å². The summed E-state index contributed by atoms with van der Waals surface area (Å²) in [6, 6.07) is 16.4. The van der Waals surface area contributed by atoms with Gasteiger partial charge in [-0.15, -0.1) is 0 Å². The van der Waals surface area contributed by atoms with Gasteiger partial charge in [-0.1, -0.05) is 42.0 Å². The molecule has 0 amide bonds. The summed E-state index contributed by atoms with van der Waals surface area (Å²) in [7, 11) is 0. The van der Waals surface area contributed by atoms with Crippen molar-refractivity contribution < 1.29 is 9.90 Å². The summed E-state index contributed by atoms with van der Waals surface area (Å²) in [4.78, 5) is 13.0. The number of nitrogens with zero attached hydrogens (tertiary/aromatic N) is 1. The first kappa shape index (κ1) is 15.1. The van der Waals surface area contributed by atoms with Gasteiger partial charge in [-0.05, 0) is 37.1 Å². The summed E-state index contributed by atoms with van der Waals surface area (Å²) in [6.45, 7) is 5.36. The van der Waals surface area contributed by atoms with Gasteiger partial charge in [-0.2, -0.15) is 0 Å². The van der Waals surface area contributed by atoms with Gasteiger partial charge in [0.1, 0.15) is 0 Å². The molecule has 0 radical (unpaired) electrons. The van der Waals surface area contributed by atoms with Crippen molar-refractivity contribution in [2.45, 2.75) is 26.8 Å². The molecule has 0 aromatic heterocycles. The van der Waals surface area contributed by atoms with Crippen LogP contribution in [0.1, 0.15) is 23.1 Å². The summed E-state index contributed by atoms with van der Waals surface area (Å²) in [5.41, 5.74) is 4.71. The maximum atomic E-state index is 10.9. The molecule has 2 aromatic rings. The summed E-state index contributed by atoms with van der Waals surface area (Å²) in [5, 5.41) is 8.95. The molecule has 2 aromatic carbocycles. The molecule has 21 heavy (non-hydrogen) atoms. The fraction of sp³-hybridized carbons (Fsp3) is 0.278. The van der Waals surface area contributed by atoms with E-state index in [4.69, 9.17) is 5.11 Å². The average molecular weight is 283 g/mol. The van der Waals surface area contributed by atoms with Gasteiger partial charge in [-0.3, -0.25) is 4.79 Å². The van der Waals surface area contributed by atoms with Crippen molar-refractivity contribution >= 4 is 11.7 Å². The average Bonchev–Trinajstić information content (AvgIpc) is 2.46. The number of benzene rings is 2. The molecule has 1 N–H and O–H groups in total. The number of hydrogen-bond donors (Lipinski definition) is 1. The number of carbonyl (C=O) groups is 1. The normalized spacial score (nSPS) is 10.4. The highest BCUT2D eigenvalue weighted by Gasteiger charge is 2.10. The van der Waals surface area contributed by atoms with E-state index < -0.39 is 5.97 Å². The Hall–Kier alpha value is -2.29. The number of carboxylic acid groups (broad SMARTS) is 1. The minimum absolute atomic E-state index is 0.139. The molecule has 0 saturated heterocycles. The SMILES string of the molecule is Cc1ccc(N(CCC(=O)O)Cc2ccccc2C)cc1. The van der Waals surface area contributed by atoms with Gasteiger partial charge < -0.3 is 10.0 Å². The topological polar surface area (TPSA) is 40.5 Å². The Balaban J connectivity index is 2.21. The highest BCUT2D eigenvalue weighted by Crippen LogP contribution is 2.20. The molecule has 0 heterocycles. The van der Waals surface area contributed by atoms with Gasteiger partial charge in [0, 0.05) is 18.8 Å². The third-order valence-electron chi connectivity index (χ3n) is 3.62. The minimum Gasteiger partial charge on any atom is -0.481 e. The molecule has 0 aliphatic carbocycles. The van der Waals surface area contributed by atoms with Crippen LogP contribution < -0.4 is 4.90 Å². The lowest BCUT2D eigenvalue weighted by molar-refractivity contribution is -0.136. The van der Waals surface area contributed by atoms with E-state index in [1.807, 2.05) is 19.1 Å². The van der Waals surface area contributed by atoms with E-state index in [0.29, 0.717) is 6.54 Å². The smallest absolute Gasteiger partial charge is 0.305 e. The van der Waals surface area contributed by atoms with Crippen LogP contribution in [-0.2, 0) is 11.3 Å². The van der Waals surface area contributed by atoms with Crippen molar-refractivity contribution in [3.63, 3.8) is 0 Å². The Morgan fingerprint density at radius 1 is 1.05 bits per heavy atom. The van der Waals surface area contributed by atoms with Gasteiger partial charge in [0.25, 0.3) is 0 Å². The fourth-order valence-electron chi connectivity index (χ4n) is 2.28. The highest BCUT2D eigenvalue weighted by atomic mass is 16.4. The second kappa shape index (κ2) is 6.93. The van der Waals surface area contributed by atoms with Gasteiger partial charge in [0.15, 0.2) is 0 Å². The first-order chi connectivity index (χ1) is 10.1. The third kappa shape index (κ3) is 4.35. The first-order valence-electron chi connectivity index (χ1n) is 7.14. The van der Waals surface area contributed by atoms with Crippen molar-refractivity contribution in [3.8, 4) is 0 Å². The van der Waals surface area contributed by atoms with E-state index in [-0.39, 0.29) is 6.42 Å². The van der Waals surface area contributed by atoms with Crippen molar-refractivity contribution in [2.75, 3.05) is 11.4 Å². The maximum absolute atomic E-state index is 10.9. The van der Waals surface area contributed by atoms with Crippen molar-refractivity contribution in [1.82, 2.24) is 0 Å². The molecule has 0 fully saturated rings. The fourth-order valence-corrected chi connectivity index (χ4v) is 2.28. The number of rotatable bonds is 6. The Bertz CT molecular complexity index is 605. The van der Waals surface area contributed by atoms with Gasteiger partial charge >= 0.3 is 5.97 Å². The highest BCUT2D eigenvalue weighted by molar-refractivity contribution is 5.67. The zero-order chi connectivity index (χ0) is 15.2. The lowest BCUT2D eigenvalue weighted by Gasteiger charge is -2.25. The number of aliphatic carboxylic acids is 1. The zero-order valence-corrected chi connectivity index (χ0v) is 12.5. The predicted octanol–water partition coefficient (Wildman–Crippen LogP) is 3.78. The molecular weight excluding hydrogens is 262 g/mol. The van der Waals surface area contributed by atoms with Crippen LogP contribution in [-0.4, -0.2) is 17.6 Å². The Morgan fingerprint density at radius 2 is 1.71 bits per heavy atom. The number of hydrogen-bond acceptors (Lipinski definition) is 2. The number of carboxylic acids is 1. The molecule has 0 aliphatic heterocycles. The third-order valence-corrected chi connectivity index (χ3v) is 3.62. The summed E-state index contributed by atoms with van der Waals surface area (Å²) in [5.74, 6) is -0.767. The van der Waals surface area contributed by atoms with Crippen LogP contribution in [0.4, 0.5) is 5.69 Å². The second-order valence-corrected chi connectivity index (χ2v) is 5.33. The van der Waals surface area contributed by atoms with Gasteiger partial charge in [-0.25, -0.2) is 0 Å². The largest absolute Gasteiger partial charge is 0.481 e. The van der Waals surface area contributed by atoms with Crippen LogP contribution in [0.25, 0.3) is 0 Å². The molecule has 0 bridgehead atoms. The molecule has 0 atom stereocenters. The molecule has 0 saturated carbocycles. The summed E-state index contributed by atoms with van der Waals surface area (Å²) >= 11 is 0. The van der Waals surface area contributed by atoms with Crippen molar-refractivity contribution in [1.29, 1.82) is 0 Å². The molecule has 0 unspecified atom stereocenters. The lowest BCUT2D eigenvalue weighted by atomic mass is 10.1. The Kier molecular flexibility index (Phi) is 4.99. The molecular formula is C18H21NO2. The van der Waals surface area contributed by atoms with Crippen LogP contribution in [0.15, 0.2) is 48.5 Å². The number of aryl methyl sites for hydroxylation is 2. The molecule has 110 valence electrons. The monoisotopic (exact) mass is 283 g/mol. The van der Waals surface area contributed by atoms with E-state index in [1.54, 1.807) is 0 Å². The molecule has 3 nitrogen and oxygen atoms in total. The van der Waals surface area contributed by atoms with E-state index in [2.05, 4.69) is 48.2 Å². The molecule has 0 spiro atoms. The van der Waals surface area contributed by atoms with Crippen LogP contribution in [0, 0.1) is 13.8 Å². The number of anilines is 1. The van der Waals surface area contributed by atoms with E-state index in [1.165, 1.54) is 16.7 Å². The lowest BCUT2D eigenvalue weighted by Crippen LogP contribution is -2.26. The van der Waals surface area contributed by atoms with Crippen molar-refractivity contribution in [3.05, 3.63) is 65.2 Å². The van der Waals surface area contributed by atoms with Crippen LogP contribution in [0.5, 0.6) is 0 Å². The minimum atomic E-state index is -0.767. The second-order valence-electron chi connectivity index (χ2n) is 5.33. The zero-order valence-electron chi connectivity index (χ0n) is 12.5. The van der Waals surface area contributed by atoms with Crippen LogP contribution in [0.3, 0.4) is 0 Å². The van der Waals surface area contributed by atoms with Gasteiger partial charge in [0.05, 0.1) is 6.42 Å². The quantitative estimate of drug-likeness (QED) is 0.877. The summed E-state index contributed by atoms with van der Waals surface area (Å²) in [6.07, 6.45) is 0.139. The van der Waals surface area contributed by atoms with E-state index in [9.17, 15) is 4.79 Å². The molecule has 2 rings (SSSR count). The first-order valence-corrected chi connectivity index (χ1v) is 7.14. The van der Waals surface area contributed by atoms with Crippen LogP contribution in [0.2, 0.25) is 0 Å². The predicted molar refractivity (Wildman–Crippen MR) is 85.7 cm³/mol. The maximum Gasteiger partial charge on any atom is 0.305 e. The molecule has 3 heteroatoms. The van der Waals surface area contributed by atoms with E-state index >= 15 is 0 Å². The van der Waals surface area contributed by atoms with Crippen LogP contribution >= 0.6 is 0 Å².